The Kier molecular flexibility index (Phi) is 2.69. The third kappa shape index (κ3) is 2.05. The second-order valence-electron chi connectivity index (χ2n) is 3.13. The van der Waals surface area contributed by atoms with E-state index in [1.54, 1.807) is 6.92 Å². The Hall–Kier alpha value is -2.51. The van der Waals surface area contributed by atoms with Crippen LogP contribution in [0.4, 0.5) is 5.69 Å². The Morgan fingerprint density at radius 1 is 1.65 bits per heavy atom. The number of H-pyrrole nitrogens is 1. The van der Waals surface area contributed by atoms with Crippen molar-refractivity contribution in [2.45, 2.75) is 6.92 Å². The largest absolute Gasteiger partial charge is 0.460 e. The Morgan fingerprint density at radius 2 is 2.41 bits per heavy atom. The van der Waals surface area contributed by atoms with Gasteiger partial charge in [0.2, 0.25) is 5.82 Å². The molecule has 0 amide bonds. The lowest BCUT2D eigenvalue weighted by Gasteiger charge is -1.95. The summed E-state index contributed by atoms with van der Waals surface area (Å²) in [5.41, 5.74) is 0.387. The zero-order chi connectivity index (χ0) is 12.4. The predicted octanol–water partition coefficient (Wildman–Crippen LogP) is 1.04. The summed E-state index contributed by atoms with van der Waals surface area (Å²) < 4.78 is 4.74. The number of aromatic amines is 1. The third-order valence-corrected chi connectivity index (χ3v) is 2.00. The molecule has 0 aromatic carbocycles. The van der Waals surface area contributed by atoms with Crippen LogP contribution < -0.4 is 0 Å². The number of hydrogen-bond acceptors (Lipinski definition) is 6. The maximum absolute atomic E-state index is 11.4. The number of rotatable bonds is 3. The van der Waals surface area contributed by atoms with Gasteiger partial charge in [0, 0.05) is 6.07 Å². The van der Waals surface area contributed by atoms with E-state index < -0.39 is 10.9 Å². The summed E-state index contributed by atoms with van der Waals surface area (Å²) >= 11 is 0. The van der Waals surface area contributed by atoms with Crippen LogP contribution >= 0.6 is 0 Å². The first-order chi connectivity index (χ1) is 8.11. The van der Waals surface area contributed by atoms with Gasteiger partial charge in [-0.3, -0.25) is 10.1 Å². The van der Waals surface area contributed by atoms with E-state index in [1.165, 1.54) is 6.07 Å². The summed E-state index contributed by atoms with van der Waals surface area (Å²) in [6.45, 7) is 1.90. The minimum Gasteiger partial charge on any atom is -0.460 e. The Labute approximate surface area is 94.8 Å². The summed E-state index contributed by atoms with van der Waals surface area (Å²) in [5.74, 6) is -0.636. The number of aromatic nitrogens is 3. The molecule has 88 valence electrons. The van der Waals surface area contributed by atoms with E-state index >= 15 is 0 Å². The number of pyridine rings is 1. The zero-order valence-corrected chi connectivity index (χ0v) is 8.84. The fourth-order valence-corrected chi connectivity index (χ4v) is 1.28. The predicted molar refractivity (Wildman–Crippen MR) is 56.5 cm³/mol. The number of hydrogen-bond donors (Lipinski definition) is 1. The molecule has 0 radical (unpaired) electrons. The first-order valence-corrected chi connectivity index (χ1v) is 4.79. The number of carbonyl (C=O) groups is 1. The van der Waals surface area contributed by atoms with E-state index in [1.807, 2.05) is 0 Å². The van der Waals surface area contributed by atoms with Gasteiger partial charge in [-0.05, 0) is 6.92 Å². The number of nitro groups is 1. The second-order valence-corrected chi connectivity index (χ2v) is 3.13. The van der Waals surface area contributed by atoms with Crippen molar-refractivity contribution in [1.82, 2.24) is 15.0 Å². The minimum absolute atomic E-state index is 0.0187. The first-order valence-electron chi connectivity index (χ1n) is 4.79. The molecule has 2 aromatic heterocycles. The van der Waals surface area contributed by atoms with Crippen molar-refractivity contribution < 1.29 is 14.5 Å². The fourth-order valence-electron chi connectivity index (χ4n) is 1.28. The Balaban J connectivity index is 2.43. The van der Waals surface area contributed by atoms with Crippen LogP contribution in [0.1, 0.15) is 17.5 Å². The van der Waals surface area contributed by atoms with E-state index in [0.29, 0.717) is 5.52 Å². The lowest BCUT2D eigenvalue weighted by Crippen LogP contribution is -2.06. The second kappa shape index (κ2) is 4.16. The number of carbonyl (C=O) groups excluding carboxylic acids is 1. The molecule has 17 heavy (non-hydrogen) atoms. The summed E-state index contributed by atoms with van der Waals surface area (Å²) in [6, 6.07) is 1.26. The lowest BCUT2D eigenvalue weighted by atomic mass is 10.4. The standard InChI is InChI=1S/C9H8N4O4/c1-2-17-9(14)8-11-6-3-5(13(15)16)4-10-7(6)12-8/h3-4H,2H2,1H3,(H,10,11,12). The molecule has 2 aromatic rings. The highest BCUT2D eigenvalue weighted by molar-refractivity contribution is 5.89. The average Bonchev–Trinajstić information content (AvgIpc) is 2.71. The SMILES string of the molecule is CCOC(=O)c1nc2ncc([N+](=O)[O-])cc2[nH]1. The van der Waals surface area contributed by atoms with Gasteiger partial charge in [0.05, 0.1) is 17.0 Å². The molecule has 1 N–H and O–H groups in total. The van der Waals surface area contributed by atoms with Crippen molar-refractivity contribution in [2.75, 3.05) is 6.61 Å². The van der Waals surface area contributed by atoms with Crippen LogP contribution in [0.15, 0.2) is 12.3 Å². The molecule has 0 saturated carbocycles. The normalized spacial score (nSPS) is 10.4. The lowest BCUT2D eigenvalue weighted by molar-refractivity contribution is -0.385. The van der Waals surface area contributed by atoms with E-state index in [-0.39, 0.29) is 23.8 Å². The summed E-state index contributed by atoms with van der Waals surface area (Å²) in [4.78, 5) is 31.6. The number of fused-ring (bicyclic) bond motifs is 1. The van der Waals surface area contributed by atoms with Gasteiger partial charge in [0.1, 0.15) is 6.20 Å². The smallest absolute Gasteiger partial charge is 0.374 e. The van der Waals surface area contributed by atoms with Crippen molar-refractivity contribution in [1.29, 1.82) is 0 Å². The van der Waals surface area contributed by atoms with Crippen molar-refractivity contribution in [3.8, 4) is 0 Å². The van der Waals surface area contributed by atoms with Gasteiger partial charge in [0.25, 0.3) is 5.69 Å². The van der Waals surface area contributed by atoms with Crippen LogP contribution in [-0.4, -0.2) is 32.5 Å². The van der Waals surface area contributed by atoms with Gasteiger partial charge in [-0.2, -0.15) is 0 Å². The summed E-state index contributed by atoms with van der Waals surface area (Å²) in [7, 11) is 0. The molecule has 0 fully saturated rings. The van der Waals surface area contributed by atoms with Crippen molar-refractivity contribution in [3.05, 3.63) is 28.2 Å². The minimum atomic E-state index is -0.617. The van der Waals surface area contributed by atoms with Crippen molar-refractivity contribution in [2.24, 2.45) is 0 Å². The van der Waals surface area contributed by atoms with Crippen LogP contribution in [0.5, 0.6) is 0 Å². The average molecular weight is 236 g/mol. The van der Waals surface area contributed by atoms with Gasteiger partial charge in [0.15, 0.2) is 5.65 Å². The fraction of sp³-hybridized carbons (Fsp3) is 0.222. The number of nitrogens with one attached hydrogen (secondary N) is 1. The maximum atomic E-state index is 11.4. The van der Waals surface area contributed by atoms with E-state index in [9.17, 15) is 14.9 Å². The summed E-state index contributed by atoms with van der Waals surface area (Å²) in [5, 5.41) is 10.5. The summed E-state index contributed by atoms with van der Waals surface area (Å²) in [6.07, 6.45) is 1.08. The number of nitrogens with zero attached hydrogens (tertiary/aromatic N) is 3. The molecular weight excluding hydrogens is 228 g/mol. The van der Waals surface area contributed by atoms with Crippen LogP contribution in [0.25, 0.3) is 11.2 Å². The highest BCUT2D eigenvalue weighted by atomic mass is 16.6. The van der Waals surface area contributed by atoms with Crippen LogP contribution in [0, 0.1) is 10.1 Å². The third-order valence-electron chi connectivity index (χ3n) is 2.00. The Morgan fingerprint density at radius 3 is 3.06 bits per heavy atom. The molecule has 2 rings (SSSR count). The molecule has 0 bridgehead atoms. The van der Waals surface area contributed by atoms with Crippen molar-refractivity contribution >= 4 is 22.8 Å². The van der Waals surface area contributed by atoms with Gasteiger partial charge < -0.3 is 9.72 Å². The number of esters is 1. The molecule has 0 aliphatic rings. The topological polar surface area (TPSA) is 111 Å². The van der Waals surface area contributed by atoms with Crippen molar-refractivity contribution in [3.63, 3.8) is 0 Å². The molecular formula is C9H8N4O4. The molecule has 0 unspecified atom stereocenters. The van der Waals surface area contributed by atoms with E-state index in [4.69, 9.17) is 4.74 Å². The molecule has 0 aliphatic carbocycles. The first kappa shape index (κ1) is 11.0. The highest BCUT2D eigenvalue weighted by Crippen LogP contribution is 2.16. The molecule has 0 saturated heterocycles. The molecule has 0 atom stereocenters. The van der Waals surface area contributed by atoms with Gasteiger partial charge in [-0.1, -0.05) is 0 Å². The van der Waals surface area contributed by atoms with Crippen LogP contribution in [-0.2, 0) is 4.74 Å². The monoisotopic (exact) mass is 236 g/mol. The number of imidazole rings is 1. The van der Waals surface area contributed by atoms with Crippen LogP contribution in [0.2, 0.25) is 0 Å². The molecule has 0 aliphatic heterocycles. The van der Waals surface area contributed by atoms with E-state index in [2.05, 4.69) is 15.0 Å². The van der Waals surface area contributed by atoms with E-state index in [0.717, 1.165) is 6.20 Å². The van der Waals surface area contributed by atoms with Gasteiger partial charge in [-0.25, -0.2) is 14.8 Å². The van der Waals surface area contributed by atoms with Gasteiger partial charge in [-0.15, -0.1) is 0 Å². The quantitative estimate of drug-likeness (QED) is 0.484. The maximum Gasteiger partial charge on any atom is 0.374 e. The zero-order valence-electron chi connectivity index (χ0n) is 8.84. The van der Waals surface area contributed by atoms with Gasteiger partial charge >= 0.3 is 5.97 Å². The Bertz CT molecular complexity index is 592. The van der Waals surface area contributed by atoms with Crippen LogP contribution in [0.3, 0.4) is 0 Å². The number of ether oxygens (including phenoxy) is 1. The molecule has 8 nitrogen and oxygen atoms in total. The highest BCUT2D eigenvalue weighted by Gasteiger charge is 2.15. The molecule has 8 heteroatoms. The molecule has 0 spiro atoms. The molecule has 2 heterocycles.